The molecule has 1 saturated carbocycles. The molecule has 1 unspecified atom stereocenters. The van der Waals surface area contributed by atoms with Gasteiger partial charge in [0.05, 0.1) is 17.5 Å². The molecule has 2 aromatic rings. The number of hydrogen-bond acceptors (Lipinski definition) is 4. The third kappa shape index (κ3) is 4.16. The van der Waals surface area contributed by atoms with Gasteiger partial charge in [-0.2, -0.15) is 0 Å². The number of carbonyl (C=O) groups is 2. The van der Waals surface area contributed by atoms with Gasteiger partial charge in [-0.3, -0.25) is 14.9 Å². The predicted molar refractivity (Wildman–Crippen MR) is 107 cm³/mol. The second-order valence-corrected chi connectivity index (χ2v) is 7.51. The lowest BCUT2D eigenvalue weighted by Gasteiger charge is -2.21. The first-order valence-electron chi connectivity index (χ1n) is 10.0. The number of amides is 2. The number of anilines is 1. The van der Waals surface area contributed by atoms with Gasteiger partial charge >= 0.3 is 0 Å². The van der Waals surface area contributed by atoms with Crippen molar-refractivity contribution in [2.24, 2.45) is 10.9 Å². The van der Waals surface area contributed by atoms with Crippen molar-refractivity contribution < 1.29 is 14.0 Å². The first-order valence-corrected chi connectivity index (χ1v) is 10.0. The zero-order chi connectivity index (χ0) is 19.3. The SMILES string of the molecule is O=C(CCC1CCCCC1)NC1N=C(c2ccccc2)c2ccoc2NC1=O. The first kappa shape index (κ1) is 18.5. The van der Waals surface area contributed by atoms with E-state index in [-0.39, 0.29) is 5.91 Å². The summed E-state index contributed by atoms with van der Waals surface area (Å²) in [4.78, 5) is 29.7. The van der Waals surface area contributed by atoms with Gasteiger partial charge in [-0.25, -0.2) is 4.99 Å². The minimum absolute atomic E-state index is 0.139. The normalized spacial score (nSPS) is 19.9. The Kier molecular flexibility index (Phi) is 5.55. The van der Waals surface area contributed by atoms with Crippen LogP contribution in [0.5, 0.6) is 0 Å². The van der Waals surface area contributed by atoms with Crippen LogP contribution in [-0.2, 0) is 9.59 Å². The Morgan fingerprint density at radius 2 is 1.93 bits per heavy atom. The molecule has 2 amide bonds. The van der Waals surface area contributed by atoms with Gasteiger partial charge in [0.15, 0.2) is 0 Å². The number of rotatable bonds is 5. The monoisotopic (exact) mass is 379 g/mol. The van der Waals surface area contributed by atoms with Crippen molar-refractivity contribution in [3.8, 4) is 0 Å². The molecule has 2 N–H and O–H groups in total. The van der Waals surface area contributed by atoms with Gasteiger partial charge in [0.25, 0.3) is 5.91 Å². The molecule has 1 aliphatic heterocycles. The van der Waals surface area contributed by atoms with E-state index in [0.29, 0.717) is 29.5 Å². The van der Waals surface area contributed by atoms with Crippen LogP contribution >= 0.6 is 0 Å². The highest BCUT2D eigenvalue weighted by Crippen LogP contribution is 2.27. The van der Waals surface area contributed by atoms with Gasteiger partial charge < -0.3 is 9.73 Å². The summed E-state index contributed by atoms with van der Waals surface area (Å²) in [5, 5.41) is 5.52. The van der Waals surface area contributed by atoms with Crippen LogP contribution in [0.3, 0.4) is 0 Å². The van der Waals surface area contributed by atoms with E-state index in [1.165, 1.54) is 38.4 Å². The molecular formula is C22H25N3O3. The van der Waals surface area contributed by atoms with E-state index < -0.39 is 12.1 Å². The molecular weight excluding hydrogens is 354 g/mol. The smallest absolute Gasteiger partial charge is 0.272 e. The van der Waals surface area contributed by atoms with Crippen LogP contribution in [0.15, 0.2) is 52.1 Å². The van der Waals surface area contributed by atoms with Crippen molar-refractivity contribution in [1.82, 2.24) is 5.32 Å². The van der Waals surface area contributed by atoms with Crippen LogP contribution in [0, 0.1) is 5.92 Å². The molecule has 6 heteroatoms. The molecule has 0 radical (unpaired) electrons. The molecule has 2 aliphatic rings. The highest BCUT2D eigenvalue weighted by Gasteiger charge is 2.29. The molecule has 4 rings (SSSR count). The van der Waals surface area contributed by atoms with Crippen molar-refractivity contribution in [3.05, 3.63) is 53.8 Å². The van der Waals surface area contributed by atoms with Crippen molar-refractivity contribution in [2.75, 3.05) is 5.32 Å². The van der Waals surface area contributed by atoms with Gasteiger partial charge in [-0.05, 0) is 18.4 Å². The highest BCUT2D eigenvalue weighted by atomic mass is 16.3. The van der Waals surface area contributed by atoms with Gasteiger partial charge in [-0.15, -0.1) is 0 Å². The van der Waals surface area contributed by atoms with Crippen LogP contribution in [0.25, 0.3) is 0 Å². The average Bonchev–Trinajstić information content (AvgIpc) is 3.13. The summed E-state index contributed by atoms with van der Waals surface area (Å²) in [7, 11) is 0. The lowest BCUT2D eigenvalue weighted by Crippen LogP contribution is -2.42. The maximum absolute atomic E-state index is 12.6. The van der Waals surface area contributed by atoms with Crippen LogP contribution in [0.2, 0.25) is 0 Å². The second-order valence-electron chi connectivity index (χ2n) is 7.51. The van der Waals surface area contributed by atoms with E-state index in [2.05, 4.69) is 15.6 Å². The molecule has 0 bridgehead atoms. The van der Waals surface area contributed by atoms with E-state index in [9.17, 15) is 9.59 Å². The maximum Gasteiger partial charge on any atom is 0.272 e. The quantitative estimate of drug-likeness (QED) is 0.827. The van der Waals surface area contributed by atoms with Gasteiger partial charge in [0.1, 0.15) is 0 Å². The van der Waals surface area contributed by atoms with E-state index in [4.69, 9.17) is 4.42 Å². The third-order valence-electron chi connectivity index (χ3n) is 5.51. The lowest BCUT2D eigenvalue weighted by atomic mass is 9.86. The Balaban J connectivity index is 1.50. The second kappa shape index (κ2) is 8.42. The van der Waals surface area contributed by atoms with Gasteiger partial charge in [0, 0.05) is 12.0 Å². The minimum Gasteiger partial charge on any atom is -0.448 e. The van der Waals surface area contributed by atoms with E-state index >= 15 is 0 Å². The number of carbonyl (C=O) groups excluding carboxylic acids is 2. The fraction of sp³-hybridized carbons (Fsp3) is 0.409. The summed E-state index contributed by atoms with van der Waals surface area (Å²) in [5.74, 6) is 0.440. The standard InChI is InChI=1S/C22H25N3O3/c26-18(12-11-15-7-3-1-4-8-15)23-20-21(27)25-22-17(13-14-28-22)19(24-20)16-9-5-2-6-10-16/h2,5-6,9-10,13-15,20H,1,3-4,7-8,11-12H2,(H,23,26)(H,25,27). The average molecular weight is 379 g/mol. The number of furan rings is 1. The predicted octanol–water partition coefficient (Wildman–Crippen LogP) is 3.87. The molecule has 1 aliphatic carbocycles. The van der Waals surface area contributed by atoms with Crippen molar-refractivity contribution in [3.63, 3.8) is 0 Å². The van der Waals surface area contributed by atoms with E-state index in [0.717, 1.165) is 12.0 Å². The fourth-order valence-corrected chi connectivity index (χ4v) is 3.99. The Hall–Kier alpha value is -2.89. The molecule has 2 heterocycles. The molecule has 1 aromatic heterocycles. The Morgan fingerprint density at radius 1 is 1.14 bits per heavy atom. The summed E-state index contributed by atoms with van der Waals surface area (Å²) < 4.78 is 5.41. The number of hydrogen-bond donors (Lipinski definition) is 2. The number of benzene rings is 1. The fourth-order valence-electron chi connectivity index (χ4n) is 3.99. The van der Waals surface area contributed by atoms with Crippen LogP contribution in [-0.4, -0.2) is 23.7 Å². The van der Waals surface area contributed by atoms with Gasteiger partial charge in [-0.1, -0.05) is 62.4 Å². The largest absolute Gasteiger partial charge is 0.448 e. The van der Waals surface area contributed by atoms with E-state index in [1.807, 2.05) is 30.3 Å². The Bertz CT molecular complexity index is 866. The molecule has 1 atom stereocenters. The van der Waals surface area contributed by atoms with Gasteiger partial charge in [0.2, 0.25) is 18.0 Å². The third-order valence-corrected chi connectivity index (χ3v) is 5.51. The topological polar surface area (TPSA) is 83.7 Å². The van der Waals surface area contributed by atoms with Crippen LogP contribution in [0.4, 0.5) is 5.88 Å². The number of nitrogens with one attached hydrogen (secondary N) is 2. The lowest BCUT2D eigenvalue weighted by molar-refractivity contribution is -0.126. The molecule has 6 nitrogen and oxygen atoms in total. The Labute approximate surface area is 164 Å². The van der Waals surface area contributed by atoms with E-state index in [1.54, 1.807) is 6.07 Å². The molecule has 1 fully saturated rings. The molecule has 1 aromatic carbocycles. The summed E-state index contributed by atoms with van der Waals surface area (Å²) in [6.45, 7) is 0. The summed E-state index contributed by atoms with van der Waals surface area (Å²) in [6.07, 6.45) is 8.06. The molecule has 0 saturated heterocycles. The van der Waals surface area contributed by atoms with Crippen molar-refractivity contribution >= 4 is 23.4 Å². The molecule has 146 valence electrons. The summed E-state index contributed by atoms with van der Waals surface area (Å²) in [5.41, 5.74) is 2.20. The number of nitrogens with zero attached hydrogens (tertiary/aromatic N) is 1. The minimum atomic E-state index is -0.975. The highest BCUT2D eigenvalue weighted by molar-refractivity contribution is 6.19. The molecule has 28 heavy (non-hydrogen) atoms. The van der Waals surface area contributed by atoms with Crippen molar-refractivity contribution in [2.45, 2.75) is 51.1 Å². The maximum atomic E-state index is 12.6. The number of aliphatic imine (C=N–C) groups is 1. The zero-order valence-corrected chi connectivity index (χ0v) is 15.8. The zero-order valence-electron chi connectivity index (χ0n) is 15.8. The Morgan fingerprint density at radius 3 is 2.71 bits per heavy atom. The number of fused-ring (bicyclic) bond motifs is 1. The van der Waals surface area contributed by atoms with Crippen LogP contribution in [0.1, 0.15) is 56.1 Å². The summed E-state index contributed by atoms with van der Waals surface area (Å²) in [6, 6.07) is 11.4. The summed E-state index contributed by atoms with van der Waals surface area (Å²) >= 11 is 0. The first-order chi connectivity index (χ1) is 13.7. The molecule has 0 spiro atoms. The van der Waals surface area contributed by atoms with Crippen LogP contribution < -0.4 is 10.6 Å². The van der Waals surface area contributed by atoms with Crippen molar-refractivity contribution in [1.29, 1.82) is 0 Å².